The highest BCUT2D eigenvalue weighted by Crippen LogP contribution is 2.43. The van der Waals surface area contributed by atoms with E-state index in [2.05, 4.69) is 44.6 Å². The van der Waals surface area contributed by atoms with Crippen LogP contribution in [0.15, 0.2) is 59.4 Å². The standard InChI is InChI=1S/C33H37N5O2S3/c1-20(40-33(2,3)4)28-24-12-8-9-13-26(24)43-30(28)38-31(39)35-18-25-23-14-15-34-19-27(23)42-29(25)21-16-36-32(37-17-21)41-22-10-6-5-7-11-22/h5-7,10-11,16-17,34H,1,8-9,12-15,18-19H2,2-4H3,(H2,35,38,39). The summed E-state index contributed by atoms with van der Waals surface area (Å²) in [6.45, 7) is 12.5. The largest absolute Gasteiger partial charge is 0.488 e. The van der Waals surface area contributed by atoms with Gasteiger partial charge in [0.05, 0.1) is 5.56 Å². The lowest BCUT2D eigenvalue weighted by molar-refractivity contribution is 0.0976. The predicted octanol–water partition coefficient (Wildman–Crippen LogP) is 8.05. The average molecular weight is 632 g/mol. The Morgan fingerprint density at radius 1 is 1.05 bits per heavy atom. The van der Waals surface area contributed by atoms with Crippen molar-refractivity contribution in [1.29, 1.82) is 0 Å². The molecule has 6 rings (SSSR count). The Kier molecular flexibility index (Phi) is 8.90. The molecule has 0 bridgehead atoms. The van der Waals surface area contributed by atoms with E-state index in [1.54, 1.807) is 34.4 Å². The summed E-state index contributed by atoms with van der Waals surface area (Å²) in [5.41, 5.74) is 5.30. The van der Waals surface area contributed by atoms with E-state index in [-0.39, 0.29) is 11.6 Å². The predicted molar refractivity (Wildman–Crippen MR) is 178 cm³/mol. The third kappa shape index (κ3) is 6.98. The molecule has 43 heavy (non-hydrogen) atoms. The Hall–Kier alpha value is -3.18. The molecular formula is C33H37N5O2S3. The number of benzene rings is 1. The van der Waals surface area contributed by atoms with Gasteiger partial charge in [-0.05, 0) is 100 Å². The third-order valence-electron chi connectivity index (χ3n) is 7.41. The molecule has 7 nitrogen and oxygen atoms in total. The van der Waals surface area contributed by atoms with Gasteiger partial charge in [-0.25, -0.2) is 14.8 Å². The van der Waals surface area contributed by atoms with Gasteiger partial charge in [0, 0.05) is 50.6 Å². The summed E-state index contributed by atoms with van der Waals surface area (Å²) in [4.78, 5) is 27.6. The summed E-state index contributed by atoms with van der Waals surface area (Å²) in [5.74, 6) is 0.623. The van der Waals surface area contributed by atoms with Crippen molar-refractivity contribution in [3.05, 3.63) is 81.3 Å². The molecule has 10 heteroatoms. The Balaban J connectivity index is 1.21. The van der Waals surface area contributed by atoms with Crippen LogP contribution in [-0.4, -0.2) is 28.1 Å². The van der Waals surface area contributed by atoms with Gasteiger partial charge in [0.15, 0.2) is 5.16 Å². The van der Waals surface area contributed by atoms with Gasteiger partial charge >= 0.3 is 6.03 Å². The van der Waals surface area contributed by atoms with Gasteiger partial charge in [-0.2, -0.15) is 0 Å². The molecule has 0 radical (unpaired) electrons. The molecule has 2 amide bonds. The molecule has 3 N–H and O–H groups in total. The van der Waals surface area contributed by atoms with E-state index in [0.29, 0.717) is 17.5 Å². The normalized spacial score (nSPS) is 14.5. The third-order valence-corrected chi connectivity index (χ3v) is 10.8. The summed E-state index contributed by atoms with van der Waals surface area (Å²) in [7, 11) is 0. The van der Waals surface area contributed by atoms with E-state index in [1.807, 2.05) is 51.4 Å². The number of nitrogens with zero attached hydrogens (tertiary/aromatic N) is 2. The molecule has 0 saturated carbocycles. The van der Waals surface area contributed by atoms with Crippen LogP contribution in [0, 0.1) is 0 Å². The highest BCUT2D eigenvalue weighted by molar-refractivity contribution is 7.99. The first-order valence-electron chi connectivity index (χ1n) is 14.7. The molecule has 1 aliphatic heterocycles. The molecule has 4 heterocycles. The fraction of sp³-hybridized carbons (Fsp3) is 0.364. The average Bonchev–Trinajstić information content (AvgIpc) is 3.54. The maximum atomic E-state index is 13.4. The Bertz CT molecular complexity index is 1620. The molecule has 1 aromatic carbocycles. The monoisotopic (exact) mass is 631 g/mol. The smallest absolute Gasteiger partial charge is 0.320 e. The number of urea groups is 1. The van der Waals surface area contributed by atoms with E-state index in [9.17, 15) is 4.79 Å². The lowest BCUT2D eigenvalue weighted by Gasteiger charge is -2.24. The maximum absolute atomic E-state index is 13.4. The van der Waals surface area contributed by atoms with Gasteiger partial charge in [0.1, 0.15) is 16.4 Å². The van der Waals surface area contributed by atoms with Crippen LogP contribution in [-0.2, 0) is 37.1 Å². The number of aryl methyl sites for hydroxylation is 1. The van der Waals surface area contributed by atoms with Gasteiger partial charge in [0.2, 0.25) is 0 Å². The molecule has 0 atom stereocenters. The molecule has 0 spiro atoms. The number of hydrogen-bond acceptors (Lipinski definition) is 8. The molecule has 1 aliphatic carbocycles. The first kappa shape index (κ1) is 29.9. The van der Waals surface area contributed by atoms with Gasteiger partial charge in [0.25, 0.3) is 0 Å². The van der Waals surface area contributed by atoms with Gasteiger partial charge < -0.3 is 15.4 Å². The summed E-state index contributed by atoms with van der Waals surface area (Å²) >= 11 is 4.96. The topological polar surface area (TPSA) is 88.2 Å². The summed E-state index contributed by atoms with van der Waals surface area (Å²) in [5, 5.41) is 11.3. The minimum atomic E-state index is -0.369. The Labute approximate surface area is 265 Å². The second-order valence-electron chi connectivity index (χ2n) is 11.8. The van der Waals surface area contributed by atoms with Crippen LogP contribution < -0.4 is 16.0 Å². The van der Waals surface area contributed by atoms with Crippen molar-refractivity contribution in [2.75, 3.05) is 11.9 Å². The number of hydrogen-bond donors (Lipinski definition) is 3. The van der Waals surface area contributed by atoms with Crippen LogP contribution in [0.1, 0.15) is 65.6 Å². The number of fused-ring (bicyclic) bond motifs is 2. The molecule has 224 valence electrons. The maximum Gasteiger partial charge on any atom is 0.320 e. The number of carbonyl (C=O) groups is 1. The van der Waals surface area contributed by atoms with Crippen LogP contribution in [0.5, 0.6) is 0 Å². The van der Waals surface area contributed by atoms with Crippen molar-refractivity contribution >= 4 is 51.2 Å². The number of ether oxygens (including phenoxy) is 1. The van der Waals surface area contributed by atoms with E-state index in [0.717, 1.165) is 70.2 Å². The molecule has 2 aliphatic rings. The zero-order valence-corrected chi connectivity index (χ0v) is 27.3. The number of amides is 2. The zero-order valence-electron chi connectivity index (χ0n) is 24.8. The Morgan fingerprint density at radius 3 is 2.58 bits per heavy atom. The highest BCUT2D eigenvalue weighted by atomic mass is 32.2. The lowest BCUT2D eigenvalue weighted by atomic mass is 9.95. The van der Waals surface area contributed by atoms with Crippen molar-refractivity contribution < 1.29 is 9.53 Å². The summed E-state index contributed by atoms with van der Waals surface area (Å²) in [6, 6.07) is 9.91. The van der Waals surface area contributed by atoms with Crippen molar-refractivity contribution in [2.45, 2.75) is 81.6 Å². The first-order chi connectivity index (χ1) is 20.7. The van der Waals surface area contributed by atoms with Crippen LogP contribution in [0.2, 0.25) is 0 Å². The fourth-order valence-corrected chi connectivity index (χ4v) is 8.91. The van der Waals surface area contributed by atoms with Crippen molar-refractivity contribution in [1.82, 2.24) is 20.6 Å². The SMILES string of the molecule is C=C(OC(C)(C)C)c1c(NC(=O)NCc2c(-c3cnc(Sc4ccccc4)nc3)sc3c2CCNC3)sc2c1CCCC2. The van der Waals surface area contributed by atoms with Crippen LogP contribution in [0.3, 0.4) is 0 Å². The summed E-state index contributed by atoms with van der Waals surface area (Å²) in [6.07, 6.45) is 9.05. The van der Waals surface area contributed by atoms with Crippen LogP contribution in [0.4, 0.5) is 9.80 Å². The van der Waals surface area contributed by atoms with Gasteiger partial charge in [-0.3, -0.25) is 5.32 Å². The van der Waals surface area contributed by atoms with Crippen molar-refractivity contribution in [3.8, 4) is 10.4 Å². The van der Waals surface area contributed by atoms with E-state index >= 15 is 0 Å². The van der Waals surface area contributed by atoms with Crippen molar-refractivity contribution in [3.63, 3.8) is 0 Å². The molecule has 4 aromatic rings. The second kappa shape index (κ2) is 12.8. The molecule has 3 aromatic heterocycles. The molecule has 0 unspecified atom stereocenters. The number of aromatic nitrogens is 2. The van der Waals surface area contributed by atoms with Crippen LogP contribution >= 0.6 is 34.4 Å². The second-order valence-corrected chi connectivity index (χ2v) is 15.0. The molecular weight excluding hydrogens is 595 g/mol. The van der Waals surface area contributed by atoms with E-state index < -0.39 is 0 Å². The zero-order chi connectivity index (χ0) is 30.0. The number of carbonyl (C=O) groups excluding carboxylic acids is 1. The lowest BCUT2D eigenvalue weighted by Crippen LogP contribution is -2.29. The minimum Gasteiger partial charge on any atom is -0.488 e. The quantitative estimate of drug-likeness (QED) is 0.135. The molecule has 0 fully saturated rings. The molecule has 0 saturated heterocycles. The number of anilines is 1. The number of rotatable bonds is 8. The van der Waals surface area contributed by atoms with E-state index in [4.69, 9.17) is 4.74 Å². The van der Waals surface area contributed by atoms with Gasteiger partial charge in [-0.1, -0.05) is 24.8 Å². The first-order valence-corrected chi connectivity index (χ1v) is 17.2. The number of thiophene rings is 2. The van der Waals surface area contributed by atoms with Crippen LogP contribution in [0.25, 0.3) is 16.2 Å². The Morgan fingerprint density at radius 2 is 1.81 bits per heavy atom. The van der Waals surface area contributed by atoms with Gasteiger partial charge in [-0.15, -0.1) is 22.7 Å². The minimum absolute atomic E-state index is 0.228. The number of nitrogens with one attached hydrogen (secondary N) is 3. The summed E-state index contributed by atoms with van der Waals surface area (Å²) < 4.78 is 6.18. The van der Waals surface area contributed by atoms with Crippen molar-refractivity contribution in [2.24, 2.45) is 0 Å². The fourth-order valence-electron chi connectivity index (χ4n) is 5.59. The highest BCUT2D eigenvalue weighted by Gasteiger charge is 2.27. The van der Waals surface area contributed by atoms with E-state index in [1.165, 1.54) is 27.3 Å².